The van der Waals surface area contributed by atoms with Crippen molar-refractivity contribution in [3.05, 3.63) is 34.9 Å². The molecule has 0 radical (unpaired) electrons. The average molecular weight is 284 g/mol. The smallest absolute Gasteiger partial charge is 0.217 e. The Morgan fingerprint density at radius 2 is 1.95 bits per heavy atom. The van der Waals surface area contributed by atoms with Gasteiger partial charge in [0.25, 0.3) is 0 Å². The number of hydrogen-bond donors (Lipinski definition) is 1. The van der Waals surface area contributed by atoms with E-state index in [4.69, 9.17) is 21.1 Å². The molecular weight excluding hydrogens is 266 g/mol. The van der Waals surface area contributed by atoms with E-state index >= 15 is 0 Å². The Hall–Kier alpha value is -1.10. The van der Waals surface area contributed by atoms with Gasteiger partial charge in [-0.15, -0.1) is 0 Å². The SMILES string of the molecule is CCC1(NC(C)=O)COC(c2ccc(Cl)cc2)OC1. The number of carbonyl (C=O) groups is 1. The molecule has 0 aromatic heterocycles. The summed E-state index contributed by atoms with van der Waals surface area (Å²) in [5.74, 6) is -0.0704. The van der Waals surface area contributed by atoms with E-state index in [9.17, 15) is 4.79 Å². The molecule has 1 aromatic carbocycles. The predicted molar refractivity (Wildman–Crippen MR) is 72.9 cm³/mol. The van der Waals surface area contributed by atoms with Gasteiger partial charge in [-0.1, -0.05) is 30.7 Å². The lowest BCUT2D eigenvalue weighted by Crippen LogP contribution is -2.57. The third kappa shape index (κ3) is 3.47. The number of halogens is 1. The van der Waals surface area contributed by atoms with Gasteiger partial charge in [0.15, 0.2) is 6.29 Å². The predicted octanol–water partition coefficient (Wildman–Crippen LogP) is 2.67. The van der Waals surface area contributed by atoms with Crippen molar-refractivity contribution < 1.29 is 14.3 Å². The quantitative estimate of drug-likeness (QED) is 0.928. The van der Waals surface area contributed by atoms with E-state index < -0.39 is 11.8 Å². The number of carbonyl (C=O) groups excluding carboxylic acids is 1. The number of hydrogen-bond acceptors (Lipinski definition) is 3. The summed E-state index contributed by atoms with van der Waals surface area (Å²) in [4.78, 5) is 11.2. The molecule has 1 aromatic rings. The maximum Gasteiger partial charge on any atom is 0.217 e. The zero-order valence-electron chi connectivity index (χ0n) is 11.1. The normalized spacial score (nSPS) is 27.0. The van der Waals surface area contributed by atoms with Crippen molar-refractivity contribution in [2.45, 2.75) is 32.1 Å². The maximum absolute atomic E-state index is 11.2. The minimum absolute atomic E-state index is 0.0704. The molecule has 1 amide bonds. The topological polar surface area (TPSA) is 47.6 Å². The maximum atomic E-state index is 11.2. The van der Waals surface area contributed by atoms with Gasteiger partial charge in [0, 0.05) is 17.5 Å². The van der Waals surface area contributed by atoms with Crippen molar-refractivity contribution >= 4 is 17.5 Å². The van der Waals surface area contributed by atoms with Gasteiger partial charge in [-0.3, -0.25) is 4.79 Å². The Morgan fingerprint density at radius 1 is 1.37 bits per heavy atom. The highest BCUT2D eigenvalue weighted by atomic mass is 35.5. The highest BCUT2D eigenvalue weighted by Crippen LogP contribution is 2.29. The first-order valence-corrected chi connectivity index (χ1v) is 6.70. The lowest BCUT2D eigenvalue weighted by atomic mass is 9.97. The fourth-order valence-corrected chi connectivity index (χ4v) is 2.24. The third-order valence-electron chi connectivity index (χ3n) is 3.28. The van der Waals surface area contributed by atoms with Gasteiger partial charge in [0.05, 0.1) is 18.8 Å². The largest absolute Gasteiger partial charge is 0.346 e. The summed E-state index contributed by atoms with van der Waals surface area (Å²) in [6, 6.07) is 7.37. The van der Waals surface area contributed by atoms with Gasteiger partial charge in [0.1, 0.15) is 0 Å². The summed E-state index contributed by atoms with van der Waals surface area (Å²) < 4.78 is 11.5. The van der Waals surface area contributed by atoms with E-state index in [1.807, 2.05) is 19.1 Å². The summed E-state index contributed by atoms with van der Waals surface area (Å²) in [5, 5.41) is 3.60. The fourth-order valence-electron chi connectivity index (χ4n) is 2.11. The molecule has 4 nitrogen and oxygen atoms in total. The summed E-state index contributed by atoms with van der Waals surface area (Å²) in [7, 11) is 0. The van der Waals surface area contributed by atoms with E-state index in [0.717, 1.165) is 12.0 Å². The molecule has 0 saturated carbocycles. The van der Waals surface area contributed by atoms with Crippen LogP contribution in [0.3, 0.4) is 0 Å². The number of ether oxygens (including phenoxy) is 2. The number of rotatable bonds is 3. The van der Waals surface area contributed by atoms with Crippen LogP contribution in [0.4, 0.5) is 0 Å². The first-order chi connectivity index (χ1) is 9.04. The van der Waals surface area contributed by atoms with Gasteiger partial charge in [-0.2, -0.15) is 0 Å². The molecule has 1 N–H and O–H groups in total. The molecular formula is C14H18ClNO3. The lowest BCUT2D eigenvalue weighted by molar-refractivity contribution is -0.218. The van der Waals surface area contributed by atoms with Gasteiger partial charge < -0.3 is 14.8 Å². The Bertz CT molecular complexity index is 439. The molecule has 0 atom stereocenters. The van der Waals surface area contributed by atoms with Crippen molar-refractivity contribution in [2.75, 3.05) is 13.2 Å². The van der Waals surface area contributed by atoms with Crippen LogP contribution in [0.2, 0.25) is 5.02 Å². The molecule has 1 saturated heterocycles. The second kappa shape index (κ2) is 5.90. The molecule has 104 valence electrons. The lowest BCUT2D eigenvalue weighted by Gasteiger charge is -2.39. The minimum atomic E-state index is -0.422. The van der Waals surface area contributed by atoms with Crippen LogP contribution in [0.5, 0.6) is 0 Å². The second-order valence-electron chi connectivity index (χ2n) is 4.82. The van der Waals surface area contributed by atoms with E-state index in [0.29, 0.717) is 18.2 Å². The van der Waals surface area contributed by atoms with Crippen LogP contribution in [0, 0.1) is 0 Å². The van der Waals surface area contributed by atoms with Crippen LogP contribution < -0.4 is 5.32 Å². The van der Waals surface area contributed by atoms with Crippen LogP contribution in [0.1, 0.15) is 32.1 Å². The van der Waals surface area contributed by atoms with Crippen LogP contribution in [-0.2, 0) is 14.3 Å². The average Bonchev–Trinajstić information content (AvgIpc) is 2.40. The van der Waals surface area contributed by atoms with Crippen LogP contribution in [0.25, 0.3) is 0 Å². The number of nitrogens with one attached hydrogen (secondary N) is 1. The Labute approximate surface area is 118 Å². The molecule has 1 aliphatic rings. The van der Waals surface area contributed by atoms with E-state index in [1.165, 1.54) is 6.92 Å². The first kappa shape index (κ1) is 14.3. The molecule has 0 spiro atoms. The van der Waals surface area contributed by atoms with Gasteiger partial charge in [-0.05, 0) is 18.6 Å². The minimum Gasteiger partial charge on any atom is -0.346 e. The molecule has 5 heteroatoms. The Balaban J connectivity index is 2.01. The summed E-state index contributed by atoms with van der Waals surface area (Å²) in [6.45, 7) is 4.39. The van der Waals surface area contributed by atoms with Crippen LogP contribution in [-0.4, -0.2) is 24.7 Å². The second-order valence-corrected chi connectivity index (χ2v) is 5.26. The summed E-state index contributed by atoms with van der Waals surface area (Å²) in [5.41, 5.74) is 0.506. The van der Waals surface area contributed by atoms with E-state index in [-0.39, 0.29) is 5.91 Å². The molecule has 0 unspecified atom stereocenters. The van der Waals surface area contributed by atoms with Gasteiger partial charge in [0.2, 0.25) is 5.91 Å². The molecule has 1 aliphatic heterocycles. The Kier molecular flexibility index (Phi) is 4.45. The first-order valence-electron chi connectivity index (χ1n) is 6.32. The Morgan fingerprint density at radius 3 is 2.42 bits per heavy atom. The van der Waals surface area contributed by atoms with E-state index in [1.54, 1.807) is 12.1 Å². The summed E-state index contributed by atoms with van der Waals surface area (Å²) >= 11 is 5.85. The van der Waals surface area contributed by atoms with Crippen molar-refractivity contribution in [3.63, 3.8) is 0 Å². The molecule has 0 aliphatic carbocycles. The molecule has 1 fully saturated rings. The molecule has 0 bridgehead atoms. The van der Waals surface area contributed by atoms with Crippen LogP contribution >= 0.6 is 11.6 Å². The number of amides is 1. The monoisotopic (exact) mass is 283 g/mol. The van der Waals surface area contributed by atoms with Crippen LogP contribution in [0.15, 0.2) is 24.3 Å². The van der Waals surface area contributed by atoms with Crippen molar-refractivity contribution in [1.29, 1.82) is 0 Å². The molecule has 1 heterocycles. The number of benzene rings is 1. The van der Waals surface area contributed by atoms with Crippen molar-refractivity contribution in [2.24, 2.45) is 0 Å². The zero-order valence-corrected chi connectivity index (χ0v) is 11.9. The third-order valence-corrected chi connectivity index (χ3v) is 3.53. The highest BCUT2D eigenvalue weighted by Gasteiger charge is 2.36. The van der Waals surface area contributed by atoms with Gasteiger partial charge >= 0.3 is 0 Å². The molecule has 2 rings (SSSR count). The van der Waals surface area contributed by atoms with Crippen molar-refractivity contribution in [1.82, 2.24) is 5.32 Å². The van der Waals surface area contributed by atoms with E-state index in [2.05, 4.69) is 5.32 Å². The fraction of sp³-hybridized carbons (Fsp3) is 0.500. The summed E-state index contributed by atoms with van der Waals surface area (Å²) in [6.07, 6.45) is 0.366. The van der Waals surface area contributed by atoms with Gasteiger partial charge in [-0.25, -0.2) is 0 Å². The molecule has 19 heavy (non-hydrogen) atoms. The standard InChI is InChI=1S/C14H18ClNO3/c1-3-14(16-10(2)17)8-18-13(19-9-14)11-4-6-12(15)7-5-11/h4-7,13H,3,8-9H2,1-2H3,(H,16,17). The highest BCUT2D eigenvalue weighted by molar-refractivity contribution is 6.30. The van der Waals surface area contributed by atoms with Crippen molar-refractivity contribution in [3.8, 4) is 0 Å². The zero-order chi connectivity index (χ0) is 13.9.